The molecule has 3 rings (SSSR count). The highest BCUT2D eigenvalue weighted by Gasteiger charge is 2.34. The molecule has 1 aromatic carbocycles. The van der Waals surface area contributed by atoms with Crippen molar-refractivity contribution in [1.29, 1.82) is 0 Å². The van der Waals surface area contributed by atoms with E-state index in [1.165, 1.54) is 0 Å². The molecular formula is C12H11BrClN3O3S. The Balaban J connectivity index is 2.22. The zero-order chi connectivity index (χ0) is 15.2. The summed E-state index contributed by atoms with van der Waals surface area (Å²) in [6.07, 6.45) is 1.76. The van der Waals surface area contributed by atoms with Crippen molar-refractivity contribution >= 4 is 35.7 Å². The number of hydrogen-bond donors (Lipinski definition) is 0. The summed E-state index contributed by atoms with van der Waals surface area (Å²) in [5, 5.41) is 7.54. The summed E-state index contributed by atoms with van der Waals surface area (Å²) in [6, 6.07) is 5.48. The van der Waals surface area contributed by atoms with Crippen molar-refractivity contribution in [3.05, 3.63) is 22.7 Å². The topological polar surface area (TPSA) is 74.1 Å². The zero-order valence-electron chi connectivity index (χ0n) is 11.0. The Morgan fingerprint density at radius 2 is 2.10 bits per heavy atom. The van der Waals surface area contributed by atoms with Crippen LogP contribution in [-0.2, 0) is 9.05 Å². The monoisotopic (exact) mass is 391 g/mol. The largest absolute Gasteiger partial charge is 0.496 e. The first-order valence-electron chi connectivity index (χ1n) is 6.15. The van der Waals surface area contributed by atoms with Gasteiger partial charge < -0.3 is 4.74 Å². The van der Waals surface area contributed by atoms with Gasteiger partial charge in [0.2, 0.25) is 0 Å². The van der Waals surface area contributed by atoms with Gasteiger partial charge in [0, 0.05) is 21.2 Å². The van der Waals surface area contributed by atoms with Crippen LogP contribution in [0, 0.1) is 0 Å². The molecular weight excluding hydrogens is 382 g/mol. The highest BCUT2D eigenvalue weighted by Crippen LogP contribution is 2.42. The van der Waals surface area contributed by atoms with E-state index in [2.05, 4.69) is 26.1 Å². The summed E-state index contributed by atoms with van der Waals surface area (Å²) in [5.74, 6) is 1.03. The maximum Gasteiger partial charge on any atom is 0.296 e. The quantitative estimate of drug-likeness (QED) is 0.748. The third kappa shape index (κ3) is 2.79. The minimum Gasteiger partial charge on any atom is -0.496 e. The van der Waals surface area contributed by atoms with Gasteiger partial charge >= 0.3 is 0 Å². The highest BCUT2D eigenvalue weighted by molar-refractivity contribution is 9.10. The van der Waals surface area contributed by atoms with Crippen LogP contribution in [-0.4, -0.2) is 30.3 Å². The minimum atomic E-state index is -3.94. The van der Waals surface area contributed by atoms with Crippen LogP contribution >= 0.6 is 26.6 Å². The Kier molecular flexibility index (Phi) is 3.71. The molecule has 0 radical (unpaired) electrons. The molecule has 0 spiro atoms. The molecule has 1 aromatic heterocycles. The number of halogens is 2. The van der Waals surface area contributed by atoms with Gasteiger partial charge in [-0.3, -0.25) is 4.57 Å². The number of nitrogens with zero attached hydrogens (tertiary/aromatic N) is 3. The van der Waals surface area contributed by atoms with Crippen molar-refractivity contribution in [2.45, 2.75) is 24.0 Å². The molecule has 1 aliphatic rings. The molecule has 2 aromatic rings. The van der Waals surface area contributed by atoms with E-state index >= 15 is 0 Å². The lowest BCUT2D eigenvalue weighted by Gasteiger charge is -2.11. The molecule has 0 bridgehead atoms. The number of aromatic nitrogens is 3. The lowest BCUT2D eigenvalue weighted by Crippen LogP contribution is -2.06. The van der Waals surface area contributed by atoms with Crippen molar-refractivity contribution in [2.75, 3.05) is 7.11 Å². The van der Waals surface area contributed by atoms with Crippen molar-refractivity contribution in [3.8, 4) is 17.1 Å². The second-order valence-electron chi connectivity index (χ2n) is 4.69. The Hall–Kier alpha value is -1.12. The summed E-state index contributed by atoms with van der Waals surface area (Å²) in [6.45, 7) is 0. The third-order valence-corrected chi connectivity index (χ3v) is 4.82. The molecule has 1 aliphatic carbocycles. The van der Waals surface area contributed by atoms with E-state index in [1.807, 2.05) is 6.07 Å². The predicted octanol–water partition coefficient (Wildman–Crippen LogP) is 2.98. The van der Waals surface area contributed by atoms with Crippen LogP contribution in [0.15, 0.2) is 27.8 Å². The number of ether oxygens (including phenoxy) is 1. The van der Waals surface area contributed by atoms with Crippen LogP contribution in [0.2, 0.25) is 0 Å². The molecule has 0 amide bonds. The molecule has 6 nitrogen and oxygen atoms in total. The molecule has 0 aliphatic heterocycles. The molecule has 1 saturated carbocycles. The van der Waals surface area contributed by atoms with Crippen LogP contribution < -0.4 is 4.74 Å². The van der Waals surface area contributed by atoms with Gasteiger partial charge in [-0.2, -0.15) is 0 Å². The molecule has 0 saturated heterocycles. The van der Waals surface area contributed by atoms with Crippen LogP contribution in [0.1, 0.15) is 18.9 Å². The Morgan fingerprint density at radius 3 is 2.67 bits per heavy atom. The van der Waals surface area contributed by atoms with E-state index in [1.54, 1.807) is 23.8 Å². The second-order valence-corrected chi connectivity index (χ2v) is 8.07. The van der Waals surface area contributed by atoms with Gasteiger partial charge in [-0.1, -0.05) is 15.9 Å². The average Bonchev–Trinajstić information content (AvgIpc) is 3.16. The van der Waals surface area contributed by atoms with E-state index in [-0.39, 0.29) is 11.2 Å². The van der Waals surface area contributed by atoms with Gasteiger partial charge in [0.1, 0.15) is 5.75 Å². The summed E-state index contributed by atoms with van der Waals surface area (Å²) in [5.41, 5.74) is 0.673. The first kappa shape index (κ1) is 14.8. The van der Waals surface area contributed by atoms with E-state index in [4.69, 9.17) is 15.4 Å². The summed E-state index contributed by atoms with van der Waals surface area (Å²) >= 11 is 3.37. The van der Waals surface area contributed by atoms with Crippen LogP contribution in [0.4, 0.5) is 0 Å². The van der Waals surface area contributed by atoms with Gasteiger partial charge in [0.15, 0.2) is 5.82 Å². The number of rotatable bonds is 4. The van der Waals surface area contributed by atoms with E-state index in [0.717, 1.165) is 17.3 Å². The van der Waals surface area contributed by atoms with Crippen molar-refractivity contribution in [3.63, 3.8) is 0 Å². The summed E-state index contributed by atoms with van der Waals surface area (Å²) in [4.78, 5) is 0. The summed E-state index contributed by atoms with van der Waals surface area (Å²) < 4.78 is 31.1. The lowest BCUT2D eigenvalue weighted by molar-refractivity contribution is 0.415. The molecule has 112 valence electrons. The number of benzene rings is 1. The van der Waals surface area contributed by atoms with E-state index in [9.17, 15) is 8.42 Å². The van der Waals surface area contributed by atoms with Crippen LogP contribution in [0.25, 0.3) is 11.4 Å². The normalized spacial score (nSPS) is 15.2. The highest BCUT2D eigenvalue weighted by atomic mass is 79.9. The fraction of sp³-hybridized carbons (Fsp3) is 0.333. The Morgan fingerprint density at radius 1 is 1.38 bits per heavy atom. The molecule has 0 N–H and O–H groups in total. The van der Waals surface area contributed by atoms with E-state index in [0.29, 0.717) is 17.1 Å². The smallest absolute Gasteiger partial charge is 0.296 e. The second kappa shape index (κ2) is 5.26. The summed E-state index contributed by atoms with van der Waals surface area (Å²) in [7, 11) is 3.05. The van der Waals surface area contributed by atoms with E-state index < -0.39 is 9.05 Å². The van der Waals surface area contributed by atoms with Crippen molar-refractivity contribution in [2.24, 2.45) is 0 Å². The minimum absolute atomic E-state index is 0.0619. The van der Waals surface area contributed by atoms with Gasteiger partial charge in [-0.05, 0) is 31.0 Å². The molecule has 21 heavy (non-hydrogen) atoms. The van der Waals surface area contributed by atoms with Gasteiger partial charge in [0.25, 0.3) is 14.2 Å². The van der Waals surface area contributed by atoms with Crippen LogP contribution in [0.5, 0.6) is 5.75 Å². The number of hydrogen-bond acceptors (Lipinski definition) is 5. The van der Waals surface area contributed by atoms with Crippen molar-refractivity contribution in [1.82, 2.24) is 14.8 Å². The van der Waals surface area contributed by atoms with Gasteiger partial charge in [-0.15, -0.1) is 10.2 Å². The Labute approximate surface area is 134 Å². The average molecular weight is 393 g/mol. The predicted molar refractivity (Wildman–Crippen MR) is 81.0 cm³/mol. The fourth-order valence-electron chi connectivity index (χ4n) is 2.14. The van der Waals surface area contributed by atoms with Crippen molar-refractivity contribution < 1.29 is 13.2 Å². The number of methoxy groups -OCH3 is 1. The van der Waals surface area contributed by atoms with Gasteiger partial charge in [0.05, 0.1) is 12.7 Å². The SMILES string of the molecule is COc1cc(Br)ccc1-c1nnc(S(=O)(=O)Cl)n1C1CC1. The maximum atomic E-state index is 11.6. The molecule has 9 heteroatoms. The first-order chi connectivity index (χ1) is 9.91. The first-order valence-corrected chi connectivity index (χ1v) is 9.25. The lowest BCUT2D eigenvalue weighted by atomic mass is 10.2. The van der Waals surface area contributed by atoms with Crippen LogP contribution in [0.3, 0.4) is 0 Å². The fourth-order valence-corrected chi connectivity index (χ4v) is 3.40. The maximum absolute atomic E-state index is 11.6. The van der Waals surface area contributed by atoms with Gasteiger partial charge in [-0.25, -0.2) is 8.42 Å². The Bertz CT molecular complexity index is 802. The molecule has 0 atom stereocenters. The zero-order valence-corrected chi connectivity index (χ0v) is 14.1. The standard InChI is InChI=1S/C12H11BrClN3O3S/c1-20-10-6-7(13)2-5-9(10)11-15-16-12(21(14,18)19)17(11)8-3-4-8/h2,5-6,8H,3-4H2,1H3. The molecule has 0 unspecified atom stereocenters. The third-order valence-electron chi connectivity index (χ3n) is 3.20. The molecule has 1 heterocycles. The molecule has 1 fully saturated rings.